The maximum atomic E-state index is 16.8. The van der Waals surface area contributed by atoms with Gasteiger partial charge >= 0.3 is 6.09 Å². The van der Waals surface area contributed by atoms with Crippen LogP contribution in [0.1, 0.15) is 116 Å². The van der Waals surface area contributed by atoms with Crippen molar-refractivity contribution in [2.75, 3.05) is 19.4 Å². The monoisotopic (exact) mass is 827 g/mol. The van der Waals surface area contributed by atoms with Gasteiger partial charge in [0.25, 0.3) is 5.91 Å². The van der Waals surface area contributed by atoms with E-state index >= 15 is 4.39 Å². The van der Waals surface area contributed by atoms with E-state index in [4.69, 9.17) is 14.2 Å². The molecule has 7 atom stereocenters. The van der Waals surface area contributed by atoms with Gasteiger partial charge in [-0.05, 0) is 70.1 Å². The highest BCUT2D eigenvalue weighted by Gasteiger charge is 2.63. The number of sulfonamides is 1. The lowest BCUT2D eigenvalue weighted by Gasteiger charge is -2.38. The van der Waals surface area contributed by atoms with Crippen LogP contribution in [-0.4, -0.2) is 90.9 Å². The number of allylic oxidation sites excluding steroid dienone is 1. The fourth-order valence-corrected chi connectivity index (χ4v) is 9.51. The summed E-state index contributed by atoms with van der Waals surface area (Å²) in [5.41, 5.74) is -1.70. The third-order valence-corrected chi connectivity index (χ3v) is 13.4. The van der Waals surface area contributed by atoms with Crippen LogP contribution < -0.4 is 24.8 Å². The standard InChI is InChI=1S/C42H58FN5O9S/c1-7-8-14-19-58(53,54)47-39(51)42-21-28(42)15-12-10-9-11-13-16-33(45-40(52)56-27(5)25(2)3)38(50)48-24-41(23-34(48)37(49)46-42)22-31(43)35-30-20-29(55-6)17-18-32(30)44-26(4)36(35)57-41/h12,15,17-18,20,25,27-28,31,33-34H,7-11,13-14,16,19,21-24H2,1-6H3,(H,45,52)(H,46,49)(H,47,51)/b15-12-/t27-,28+,31+,33-,34-,41+,42+/m0/s1. The molecule has 0 unspecified atom stereocenters. The van der Waals surface area contributed by atoms with Crippen LogP contribution in [0, 0.1) is 18.8 Å². The van der Waals surface area contributed by atoms with Crippen molar-refractivity contribution < 1.29 is 46.2 Å². The number of halogens is 1. The van der Waals surface area contributed by atoms with Crippen LogP contribution in [0.3, 0.4) is 0 Å². The number of alkyl halides is 1. The number of unbranched alkanes of at least 4 members (excludes halogenated alkanes) is 2. The molecule has 3 aliphatic heterocycles. The fourth-order valence-electron chi connectivity index (χ4n) is 8.36. The molecule has 2 fully saturated rings. The van der Waals surface area contributed by atoms with Gasteiger partial charge in [0.15, 0.2) is 0 Å². The zero-order chi connectivity index (χ0) is 42.0. The number of pyridine rings is 1. The number of nitrogens with zero attached hydrogens (tertiary/aromatic N) is 2. The van der Waals surface area contributed by atoms with Gasteiger partial charge in [-0.2, -0.15) is 0 Å². The molecule has 1 spiro atoms. The van der Waals surface area contributed by atoms with Crippen molar-refractivity contribution in [3.05, 3.63) is 41.6 Å². The van der Waals surface area contributed by atoms with Gasteiger partial charge in [-0.15, -0.1) is 0 Å². The van der Waals surface area contributed by atoms with E-state index < -0.39 is 75.3 Å². The number of benzene rings is 1. The van der Waals surface area contributed by atoms with E-state index in [-0.39, 0.29) is 49.6 Å². The summed E-state index contributed by atoms with van der Waals surface area (Å²) in [5, 5.41) is 6.14. The first-order valence-corrected chi connectivity index (χ1v) is 22.3. The third-order valence-electron chi connectivity index (χ3n) is 12.1. The smallest absolute Gasteiger partial charge is 0.408 e. The fraction of sp³-hybridized carbons (Fsp3) is 0.643. The first kappa shape index (κ1) is 43.1. The Balaban J connectivity index is 1.37. The number of carbonyl (C=O) groups is 4. The quantitative estimate of drug-likeness (QED) is 0.194. The molecule has 1 saturated carbocycles. The lowest BCUT2D eigenvalue weighted by atomic mass is 9.86. The third kappa shape index (κ3) is 9.21. The van der Waals surface area contributed by atoms with Crippen molar-refractivity contribution >= 4 is 44.7 Å². The molecule has 318 valence electrons. The van der Waals surface area contributed by atoms with Crippen molar-refractivity contribution in [1.82, 2.24) is 25.2 Å². The Labute approximate surface area is 340 Å². The number of amides is 4. The molecule has 4 heterocycles. The molecule has 4 aliphatic rings. The summed E-state index contributed by atoms with van der Waals surface area (Å²) in [5.74, 6) is -2.12. The molecule has 16 heteroatoms. The number of alkyl carbamates (subject to hydrolysis) is 1. The van der Waals surface area contributed by atoms with Gasteiger partial charge in [0.2, 0.25) is 21.8 Å². The van der Waals surface area contributed by atoms with E-state index in [1.54, 1.807) is 32.0 Å². The second kappa shape index (κ2) is 17.4. The highest BCUT2D eigenvalue weighted by atomic mass is 32.2. The Bertz CT molecular complexity index is 2050. The van der Waals surface area contributed by atoms with Gasteiger partial charge < -0.3 is 29.7 Å². The van der Waals surface area contributed by atoms with E-state index in [0.717, 1.165) is 19.3 Å². The molecule has 14 nitrogen and oxygen atoms in total. The first-order valence-electron chi connectivity index (χ1n) is 20.6. The molecular formula is C42H58FN5O9S. The highest BCUT2D eigenvalue weighted by molar-refractivity contribution is 7.90. The molecule has 2 aromatic rings. The van der Waals surface area contributed by atoms with Gasteiger partial charge in [0.1, 0.15) is 47.0 Å². The summed E-state index contributed by atoms with van der Waals surface area (Å²) in [7, 11) is -2.49. The SMILES string of the molecule is CCCCCS(=O)(=O)NC(=O)[C@@]12C[C@H]1/C=C\CCCCC[C@H](NC(=O)O[C@@H](C)C(C)C)C(=O)N1C[C@@]3(C[C@@H](F)c4c(c(C)nc5ccc(OC)cc45)O3)C[C@H]1C(=O)N2. The predicted molar refractivity (Wildman–Crippen MR) is 215 cm³/mol. The minimum Gasteiger partial charge on any atom is -0.497 e. The molecule has 0 radical (unpaired) electrons. The summed E-state index contributed by atoms with van der Waals surface area (Å²) in [6, 6.07) is 2.83. The average molecular weight is 828 g/mol. The minimum atomic E-state index is -4.00. The van der Waals surface area contributed by atoms with Crippen LogP contribution in [0.15, 0.2) is 30.4 Å². The van der Waals surface area contributed by atoms with E-state index in [0.29, 0.717) is 53.6 Å². The van der Waals surface area contributed by atoms with Crippen LogP contribution in [0.2, 0.25) is 0 Å². The number of nitrogens with one attached hydrogen (secondary N) is 3. The number of hydrogen-bond donors (Lipinski definition) is 3. The number of carbonyl (C=O) groups excluding carboxylic acids is 4. The van der Waals surface area contributed by atoms with E-state index in [1.165, 1.54) is 12.0 Å². The normalized spacial score (nSPS) is 28.5. The number of fused-ring (bicyclic) bond motifs is 5. The molecular weight excluding hydrogens is 770 g/mol. The molecule has 0 bridgehead atoms. The Morgan fingerprint density at radius 1 is 1.12 bits per heavy atom. The van der Waals surface area contributed by atoms with Crippen LogP contribution in [0.4, 0.5) is 9.18 Å². The van der Waals surface area contributed by atoms with E-state index in [9.17, 15) is 27.6 Å². The van der Waals surface area contributed by atoms with Crippen LogP contribution in [0.25, 0.3) is 10.9 Å². The Morgan fingerprint density at radius 2 is 1.90 bits per heavy atom. The maximum absolute atomic E-state index is 16.8. The second-order valence-electron chi connectivity index (χ2n) is 16.8. The van der Waals surface area contributed by atoms with Crippen molar-refractivity contribution in [3.63, 3.8) is 0 Å². The van der Waals surface area contributed by atoms with Gasteiger partial charge in [-0.3, -0.25) is 19.1 Å². The van der Waals surface area contributed by atoms with Crippen molar-refractivity contribution in [2.45, 2.75) is 141 Å². The second-order valence-corrected chi connectivity index (χ2v) is 18.7. The Morgan fingerprint density at radius 3 is 2.62 bits per heavy atom. The molecule has 1 aromatic heterocycles. The number of aromatic nitrogens is 1. The summed E-state index contributed by atoms with van der Waals surface area (Å²) in [6.45, 7) is 9.02. The Kier molecular flexibility index (Phi) is 12.9. The van der Waals surface area contributed by atoms with Crippen LogP contribution >= 0.6 is 0 Å². The molecule has 1 aromatic carbocycles. The zero-order valence-electron chi connectivity index (χ0n) is 34.4. The molecule has 1 saturated heterocycles. The molecule has 1 aliphatic carbocycles. The average Bonchev–Trinajstić information content (AvgIpc) is 3.74. The van der Waals surface area contributed by atoms with Gasteiger partial charge in [-0.25, -0.2) is 22.6 Å². The summed E-state index contributed by atoms with van der Waals surface area (Å²) in [6.07, 6.45) is 5.58. The predicted octanol–water partition coefficient (Wildman–Crippen LogP) is 5.86. The first-order chi connectivity index (χ1) is 27.5. The lowest BCUT2D eigenvalue weighted by Crippen LogP contribution is -2.58. The van der Waals surface area contributed by atoms with Crippen molar-refractivity contribution in [1.29, 1.82) is 0 Å². The number of methoxy groups -OCH3 is 1. The number of ether oxygens (including phenoxy) is 3. The highest BCUT2D eigenvalue weighted by Crippen LogP contribution is 2.51. The minimum absolute atomic E-state index is 0.0205. The van der Waals surface area contributed by atoms with Crippen LogP contribution in [0.5, 0.6) is 11.5 Å². The van der Waals surface area contributed by atoms with E-state index in [2.05, 4.69) is 20.3 Å². The van der Waals surface area contributed by atoms with Crippen LogP contribution in [-0.2, 0) is 29.1 Å². The van der Waals surface area contributed by atoms with Gasteiger partial charge in [-0.1, -0.05) is 58.6 Å². The zero-order valence-corrected chi connectivity index (χ0v) is 35.2. The Hall–Kier alpha value is -4.47. The summed E-state index contributed by atoms with van der Waals surface area (Å²) < 4.78 is 62.8. The topological polar surface area (TPSA) is 182 Å². The maximum Gasteiger partial charge on any atom is 0.408 e. The largest absolute Gasteiger partial charge is 0.497 e. The number of hydrogen-bond acceptors (Lipinski definition) is 10. The molecule has 4 amide bonds. The van der Waals surface area contributed by atoms with Crippen molar-refractivity contribution in [3.8, 4) is 11.5 Å². The lowest BCUT2D eigenvalue weighted by molar-refractivity contribution is -0.141. The molecule has 58 heavy (non-hydrogen) atoms. The molecule has 6 rings (SSSR count). The van der Waals surface area contributed by atoms with E-state index in [1.807, 2.05) is 32.9 Å². The van der Waals surface area contributed by atoms with Gasteiger partial charge in [0, 0.05) is 29.7 Å². The summed E-state index contributed by atoms with van der Waals surface area (Å²) in [4.78, 5) is 62.6. The molecule has 3 N–H and O–H groups in total. The van der Waals surface area contributed by atoms with Gasteiger partial charge in [0.05, 0.1) is 30.6 Å². The number of rotatable bonds is 10. The van der Waals surface area contributed by atoms with Crippen molar-refractivity contribution in [2.24, 2.45) is 11.8 Å². The number of aryl methyl sites for hydroxylation is 1. The summed E-state index contributed by atoms with van der Waals surface area (Å²) >= 11 is 0.